The lowest BCUT2D eigenvalue weighted by Crippen LogP contribution is -2.24. The fourth-order valence-electron chi connectivity index (χ4n) is 3.83. The van der Waals surface area contributed by atoms with E-state index in [-0.39, 0.29) is 34.3 Å². The number of nitrogens with zero attached hydrogens (tertiary/aromatic N) is 3. The summed E-state index contributed by atoms with van der Waals surface area (Å²) in [7, 11) is 0. The molecule has 2 aromatic carbocycles. The number of aromatic amines is 2. The van der Waals surface area contributed by atoms with Crippen LogP contribution in [-0.2, 0) is 0 Å². The van der Waals surface area contributed by atoms with Crippen molar-refractivity contribution in [3.63, 3.8) is 0 Å². The number of para-hydroxylation sites is 1. The highest BCUT2D eigenvalue weighted by Gasteiger charge is 2.21. The van der Waals surface area contributed by atoms with Crippen molar-refractivity contribution in [3.05, 3.63) is 109 Å². The SMILES string of the molecule is Cc1cc(F)ccc1-c1nc(-c2c[nH]c(=O)[nH]c2=O)nc2c1ccc(=O)n2-c1c(F)cccc1F.N. The molecule has 0 aliphatic carbocycles. The lowest BCUT2D eigenvalue weighted by atomic mass is 10.0. The molecule has 0 radical (unpaired) electrons. The van der Waals surface area contributed by atoms with Gasteiger partial charge in [0.25, 0.3) is 11.1 Å². The zero-order valence-electron chi connectivity index (χ0n) is 18.6. The fourth-order valence-corrected chi connectivity index (χ4v) is 3.83. The van der Waals surface area contributed by atoms with Gasteiger partial charge in [-0.1, -0.05) is 6.07 Å². The first-order chi connectivity index (χ1) is 16.7. The molecule has 0 aliphatic heterocycles. The summed E-state index contributed by atoms with van der Waals surface area (Å²) in [6, 6.07) is 9.53. The smallest absolute Gasteiger partial charge is 0.325 e. The average molecular weight is 494 g/mol. The molecule has 0 saturated heterocycles. The topological polar surface area (TPSA) is 148 Å². The van der Waals surface area contributed by atoms with E-state index in [0.717, 1.165) is 35.0 Å². The number of nitrogens with one attached hydrogen (secondary N) is 2. The number of H-pyrrole nitrogens is 2. The van der Waals surface area contributed by atoms with Gasteiger partial charge in [-0.2, -0.15) is 0 Å². The van der Waals surface area contributed by atoms with Gasteiger partial charge in [0.1, 0.15) is 28.7 Å². The minimum absolute atomic E-state index is 0. The molecular formula is C24H17F3N6O3. The molecule has 9 nitrogen and oxygen atoms in total. The Morgan fingerprint density at radius 2 is 1.61 bits per heavy atom. The van der Waals surface area contributed by atoms with Crippen LogP contribution in [0, 0.1) is 24.4 Å². The fraction of sp³-hybridized carbons (Fsp3) is 0.0417. The summed E-state index contributed by atoms with van der Waals surface area (Å²) in [4.78, 5) is 49.9. The second-order valence-corrected chi connectivity index (χ2v) is 7.66. The first-order valence-corrected chi connectivity index (χ1v) is 10.2. The summed E-state index contributed by atoms with van der Waals surface area (Å²) in [5.41, 5.74) is -2.32. The lowest BCUT2D eigenvalue weighted by molar-refractivity contribution is 0.568. The number of aryl methyl sites for hydroxylation is 1. The maximum absolute atomic E-state index is 14.7. The number of halogens is 3. The van der Waals surface area contributed by atoms with Crippen molar-refractivity contribution in [1.29, 1.82) is 0 Å². The van der Waals surface area contributed by atoms with Crippen molar-refractivity contribution in [2.24, 2.45) is 0 Å². The van der Waals surface area contributed by atoms with E-state index in [1.54, 1.807) is 6.92 Å². The quantitative estimate of drug-likeness (QED) is 0.350. The summed E-state index contributed by atoms with van der Waals surface area (Å²) in [6.45, 7) is 1.63. The summed E-state index contributed by atoms with van der Waals surface area (Å²) in [5, 5.41) is 0.214. The van der Waals surface area contributed by atoms with Crippen LogP contribution in [-0.4, -0.2) is 24.5 Å². The third kappa shape index (κ3) is 3.99. The van der Waals surface area contributed by atoms with Crippen molar-refractivity contribution < 1.29 is 13.2 Å². The Bertz CT molecular complexity index is 1810. The van der Waals surface area contributed by atoms with Crippen LogP contribution in [0.15, 0.2) is 69.1 Å². The molecule has 36 heavy (non-hydrogen) atoms. The maximum atomic E-state index is 14.7. The van der Waals surface area contributed by atoms with Crippen molar-refractivity contribution in [1.82, 2.24) is 30.7 Å². The van der Waals surface area contributed by atoms with Crippen molar-refractivity contribution >= 4 is 11.0 Å². The van der Waals surface area contributed by atoms with Crippen LogP contribution in [0.1, 0.15) is 5.56 Å². The van der Waals surface area contributed by atoms with Crippen LogP contribution in [0.25, 0.3) is 39.4 Å². The number of hydrogen-bond acceptors (Lipinski definition) is 6. The zero-order chi connectivity index (χ0) is 24.9. The zero-order valence-corrected chi connectivity index (χ0v) is 18.6. The molecule has 5 rings (SSSR count). The molecule has 182 valence electrons. The van der Waals surface area contributed by atoms with E-state index in [2.05, 4.69) is 19.9 Å². The van der Waals surface area contributed by atoms with E-state index in [9.17, 15) is 27.6 Å². The molecule has 0 unspecified atom stereocenters. The predicted molar refractivity (Wildman–Crippen MR) is 127 cm³/mol. The molecule has 5 aromatic rings. The Morgan fingerprint density at radius 3 is 2.28 bits per heavy atom. The predicted octanol–water partition coefficient (Wildman–Crippen LogP) is 3.38. The van der Waals surface area contributed by atoms with Crippen LogP contribution < -0.4 is 23.0 Å². The molecule has 0 spiro atoms. The molecule has 0 saturated carbocycles. The Hall–Kier alpha value is -4.84. The van der Waals surface area contributed by atoms with Gasteiger partial charge in [-0.3, -0.25) is 19.1 Å². The molecule has 12 heteroatoms. The normalized spacial score (nSPS) is 10.9. The molecule has 3 aromatic heterocycles. The van der Waals surface area contributed by atoms with E-state index in [0.29, 0.717) is 11.1 Å². The molecule has 0 fully saturated rings. The van der Waals surface area contributed by atoms with Crippen LogP contribution >= 0.6 is 0 Å². The highest BCUT2D eigenvalue weighted by molar-refractivity contribution is 5.93. The van der Waals surface area contributed by atoms with Crippen molar-refractivity contribution in [2.75, 3.05) is 0 Å². The molecular weight excluding hydrogens is 477 g/mol. The van der Waals surface area contributed by atoms with E-state index in [4.69, 9.17) is 0 Å². The van der Waals surface area contributed by atoms with Crippen LogP contribution in [0.5, 0.6) is 0 Å². The number of fused-ring (bicyclic) bond motifs is 1. The van der Waals surface area contributed by atoms with E-state index in [1.165, 1.54) is 24.3 Å². The van der Waals surface area contributed by atoms with Crippen molar-refractivity contribution in [3.8, 4) is 28.3 Å². The Balaban J connectivity index is 0.00000304. The van der Waals surface area contributed by atoms with E-state index < -0.39 is 39.9 Å². The highest BCUT2D eigenvalue weighted by Crippen LogP contribution is 2.31. The minimum atomic E-state index is -1.01. The summed E-state index contributed by atoms with van der Waals surface area (Å²) in [5.74, 6) is -2.75. The molecule has 5 N–H and O–H groups in total. The van der Waals surface area contributed by atoms with Gasteiger partial charge in [0, 0.05) is 23.2 Å². The second-order valence-electron chi connectivity index (χ2n) is 7.66. The van der Waals surface area contributed by atoms with Gasteiger partial charge in [0.05, 0.1) is 5.69 Å². The summed E-state index contributed by atoms with van der Waals surface area (Å²) in [6.07, 6.45) is 1.08. The van der Waals surface area contributed by atoms with Crippen molar-refractivity contribution in [2.45, 2.75) is 6.92 Å². The van der Waals surface area contributed by atoms with Gasteiger partial charge in [0.2, 0.25) is 0 Å². The first-order valence-electron chi connectivity index (χ1n) is 10.2. The Kier molecular flexibility index (Phi) is 6.12. The molecule has 0 aliphatic rings. The second kappa shape index (κ2) is 9.07. The Morgan fingerprint density at radius 1 is 0.889 bits per heavy atom. The minimum Gasteiger partial charge on any atom is -0.344 e. The van der Waals surface area contributed by atoms with Crippen LogP contribution in [0.2, 0.25) is 0 Å². The van der Waals surface area contributed by atoms with Gasteiger partial charge < -0.3 is 11.1 Å². The lowest BCUT2D eigenvalue weighted by Gasteiger charge is -2.15. The average Bonchev–Trinajstić information content (AvgIpc) is 2.80. The standard InChI is InChI=1S/C24H14F3N5O3.H3N/c1-11-9-12(25)5-6-13(11)19-14-7-8-18(33)32(20-16(26)3-2-4-17(20)27)22(14)30-21(29-19)15-10-28-24(35)31-23(15)34;/h2-10H,1H3,(H2,28,31,34,35);1H3. The highest BCUT2D eigenvalue weighted by atomic mass is 19.1. The van der Waals surface area contributed by atoms with E-state index >= 15 is 0 Å². The number of benzene rings is 2. The molecule has 0 amide bonds. The van der Waals surface area contributed by atoms with E-state index in [1.807, 2.05) is 0 Å². The number of aromatic nitrogens is 5. The van der Waals surface area contributed by atoms with Crippen LogP contribution in [0.4, 0.5) is 13.2 Å². The third-order valence-corrected chi connectivity index (χ3v) is 5.42. The van der Waals surface area contributed by atoms with Gasteiger partial charge in [-0.15, -0.1) is 0 Å². The van der Waals surface area contributed by atoms with Gasteiger partial charge in [-0.25, -0.2) is 27.9 Å². The van der Waals surface area contributed by atoms with Gasteiger partial charge in [0.15, 0.2) is 11.5 Å². The molecule has 0 atom stereocenters. The summed E-state index contributed by atoms with van der Waals surface area (Å²) < 4.78 is 44.0. The first kappa shape index (κ1) is 24.3. The molecule has 3 heterocycles. The molecule has 0 bridgehead atoms. The Labute approximate surface area is 199 Å². The van der Waals surface area contributed by atoms with Gasteiger partial charge in [-0.05, 0) is 48.9 Å². The monoisotopic (exact) mass is 494 g/mol. The largest absolute Gasteiger partial charge is 0.344 e. The van der Waals surface area contributed by atoms with Crippen LogP contribution in [0.3, 0.4) is 0 Å². The maximum Gasteiger partial charge on any atom is 0.325 e. The number of pyridine rings is 1. The number of hydrogen-bond donors (Lipinski definition) is 3. The third-order valence-electron chi connectivity index (χ3n) is 5.42. The van der Waals surface area contributed by atoms with Gasteiger partial charge >= 0.3 is 5.69 Å². The summed E-state index contributed by atoms with van der Waals surface area (Å²) >= 11 is 0. The number of rotatable bonds is 3.